The van der Waals surface area contributed by atoms with E-state index in [9.17, 15) is 0 Å². The smallest absolute Gasteiger partial charge is 0.0951 e. The van der Waals surface area contributed by atoms with Gasteiger partial charge in [-0.05, 0) is 39.0 Å². The zero-order valence-corrected chi connectivity index (χ0v) is 7.11. The summed E-state index contributed by atoms with van der Waals surface area (Å²) in [6.07, 6.45) is 3.89. The second-order valence-electron chi connectivity index (χ2n) is 4.41. The predicted octanol–water partition coefficient (Wildman–Crippen LogP) is 2.35. The lowest BCUT2D eigenvalue weighted by Crippen LogP contribution is -2.27. The first kappa shape index (κ1) is 6.66. The average Bonchev–Trinajstić information content (AvgIpc) is 2.33. The average molecular weight is 140 g/mol. The van der Waals surface area contributed by atoms with Gasteiger partial charge in [-0.3, -0.25) is 0 Å². The third-order valence-electron chi connectivity index (χ3n) is 3.38. The summed E-state index contributed by atoms with van der Waals surface area (Å²) in [6, 6.07) is 0. The van der Waals surface area contributed by atoms with Gasteiger partial charge >= 0.3 is 0 Å². The maximum Gasteiger partial charge on any atom is 0.0951 e. The fraction of sp³-hybridized carbons (Fsp3) is 1.00. The van der Waals surface area contributed by atoms with Gasteiger partial charge in [0.2, 0.25) is 0 Å². The zero-order chi connectivity index (χ0) is 7.41. The minimum absolute atomic E-state index is 0.255. The fourth-order valence-corrected chi connectivity index (χ4v) is 2.33. The molecule has 3 unspecified atom stereocenters. The summed E-state index contributed by atoms with van der Waals surface area (Å²) in [5.41, 5.74) is 0.518. The quantitative estimate of drug-likeness (QED) is 0.470. The van der Waals surface area contributed by atoms with E-state index in [1.54, 1.807) is 0 Å². The molecule has 10 heavy (non-hydrogen) atoms. The van der Waals surface area contributed by atoms with Crippen LogP contribution in [0.1, 0.15) is 40.0 Å². The number of fused-ring (bicyclic) bond motifs is 1. The van der Waals surface area contributed by atoms with Crippen LogP contribution in [0.15, 0.2) is 0 Å². The summed E-state index contributed by atoms with van der Waals surface area (Å²) in [4.78, 5) is 0. The molecule has 0 aromatic heterocycles. The van der Waals surface area contributed by atoms with Crippen molar-refractivity contribution in [3.05, 3.63) is 0 Å². The van der Waals surface area contributed by atoms with Crippen LogP contribution in [-0.2, 0) is 4.74 Å². The summed E-state index contributed by atoms with van der Waals surface area (Å²) < 4.78 is 5.72. The van der Waals surface area contributed by atoms with E-state index >= 15 is 0 Å². The van der Waals surface area contributed by atoms with Gasteiger partial charge in [-0.25, -0.2) is 0 Å². The minimum Gasteiger partial charge on any atom is -0.363 e. The van der Waals surface area contributed by atoms with Gasteiger partial charge in [-0.2, -0.15) is 0 Å². The molecule has 2 fully saturated rings. The molecular formula is C9H16O. The van der Waals surface area contributed by atoms with E-state index in [0.717, 1.165) is 5.92 Å². The second kappa shape index (κ2) is 1.58. The van der Waals surface area contributed by atoms with E-state index in [2.05, 4.69) is 20.8 Å². The normalized spacial score (nSPS) is 59.7. The van der Waals surface area contributed by atoms with Gasteiger partial charge in [0.05, 0.1) is 11.2 Å². The Balaban J connectivity index is 2.12. The molecule has 1 saturated heterocycles. The van der Waals surface area contributed by atoms with Gasteiger partial charge in [0.25, 0.3) is 0 Å². The molecule has 2 aliphatic rings. The van der Waals surface area contributed by atoms with Crippen molar-refractivity contribution in [3.63, 3.8) is 0 Å². The SMILES string of the molecule is CC1CCC2(C)OC2(C)C1. The minimum atomic E-state index is 0.255. The van der Waals surface area contributed by atoms with Crippen LogP contribution in [0, 0.1) is 5.92 Å². The van der Waals surface area contributed by atoms with Crippen molar-refractivity contribution >= 4 is 0 Å². The van der Waals surface area contributed by atoms with Crippen LogP contribution in [0.4, 0.5) is 0 Å². The van der Waals surface area contributed by atoms with E-state index in [1.807, 2.05) is 0 Å². The number of ether oxygens (including phenoxy) is 1. The van der Waals surface area contributed by atoms with Crippen LogP contribution in [0.3, 0.4) is 0 Å². The lowest BCUT2D eigenvalue weighted by molar-refractivity contribution is 0.275. The van der Waals surface area contributed by atoms with E-state index in [0.29, 0.717) is 0 Å². The Hall–Kier alpha value is -0.0400. The summed E-state index contributed by atoms with van der Waals surface area (Å²) >= 11 is 0. The number of epoxide rings is 1. The lowest BCUT2D eigenvalue weighted by atomic mass is 9.77. The van der Waals surface area contributed by atoms with Crippen LogP contribution in [0.25, 0.3) is 0 Å². The summed E-state index contributed by atoms with van der Waals surface area (Å²) in [5.74, 6) is 0.876. The Morgan fingerprint density at radius 3 is 2.50 bits per heavy atom. The molecule has 0 spiro atoms. The number of hydrogen-bond donors (Lipinski definition) is 0. The molecule has 1 saturated carbocycles. The summed E-state index contributed by atoms with van der Waals surface area (Å²) in [6.45, 7) is 6.83. The maximum atomic E-state index is 5.72. The highest BCUT2D eigenvalue weighted by molar-refractivity contribution is 5.13. The van der Waals surface area contributed by atoms with Crippen molar-refractivity contribution in [2.75, 3.05) is 0 Å². The van der Waals surface area contributed by atoms with Gasteiger partial charge in [0.1, 0.15) is 0 Å². The second-order valence-corrected chi connectivity index (χ2v) is 4.41. The molecule has 1 nitrogen and oxygen atoms in total. The highest BCUT2D eigenvalue weighted by atomic mass is 16.6. The van der Waals surface area contributed by atoms with Crippen molar-refractivity contribution in [3.8, 4) is 0 Å². The van der Waals surface area contributed by atoms with Crippen molar-refractivity contribution < 1.29 is 4.74 Å². The number of hydrogen-bond acceptors (Lipinski definition) is 1. The van der Waals surface area contributed by atoms with Gasteiger partial charge in [-0.1, -0.05) is 6.92 Å². The van der Waals surface area contributed by atoms with E-state index < -0.39 is 0 Å². The molecule has 1 aliphatic carbocycles. The molecular weight excluding hydrogens is 124 g/mol. The zero-order valence-electron chi connectivity index (χ0n) is 7.11. The Bertz CT molecular complexity index is 166. The highest BCUT2D eigenvalue weighted by Crippen LogP contribution is 2.58. The summed E-state index contributed by atoms with van der Waals surface area (Å²) in [7, 11) is 0. The van der Waals surface area contributed by atoms with Crippen molar-refractivity contribution in [2.45, 2.75) is 51.2 Å². The van der Waals surface area contributed by atoms with Gasteiger partial charge in [0.15, 0.2) is 0 Å². The first-order valence-electron chi connectivity index (χ1n) is 4.26. The Morgan fingerprint density at radius 2 is 2.00 bits per heavy atom. The predicted molar refractivity (Wildman–Crippen MR) is 40.9 cm³/mol. The standard InChI is InChI=1S/C9H16O/c1-7-4-5-8(2)9(3,6-7)10-8/h7H,4-6H2,1-3H3. The van der Waals surface area contributed by atoms with Crippen LogP contribution in [0.5, 0.6) is 0 Å². The van der Waals surface area contributed by atoms with Crippen molar-refractivity contribution in [1.29, 1.82) is 0 Å². The van der Waals surface area contributed by atoms with Crippen LogP contribution < -0.4 is 0 Å². The largest absolute Gasteiger partial charge is 0.363 e. The monoisotopic (exact) mass is 140 g/mol. The Morgan fingerprint density at radius 1 is 1.30 bits per heavy atom. The molecule has 0 amide bonds. The molecule has 3 atom stereocenters. The molecule has 0 aromatic rings. The van der Waals surface area contributed by atoms with Crippen LogP contribution in [-0.4, -0.2) is 11.2 Å². The molecule has 58 valence electrons. The number of rotatable bonds is 0. The molecule has 1 heterocycles. The molecule has 0 N–H and O–H groups in total. The fourth-order valence-electron chi connectivity index (χ4n) is 2.33. The molecule has 0 radical (unpaired) electrons. The van der Waals surface area contributed by atoms with Crippen molar-refractivity contribution in [1.82, 2.24) is 0 Å². The Labute approximate surface area is 62.8 Å². The third kappa shape index (κ3) is 0.672. The van der Waals surface area contributed by atoms with E-state index in [4.69, 9.17) is 4.74 Å². The maximum absolute atomic E-state index is 5.72. The van der Waals surface area contributed by atoms with Crippen molar-refractivity contribution in [2.24, 2.45) is 5.92 Å². The van der Waals surface area contributed by atoms with Crippen LogP contribution in [0.2, 0.25) is 0 Å². The molecule has 1 heteroatoms. The van der Waals surface area contributed by atoms with Gasteiger partial charge in [0, 0.05) is 0 Å². The topological polar surface area (TPSA) is 12.5 Å². The summed E-state index contributed by atoms with van der Waals surface area (Å²) in [5, 5.41) is 0. The first-order chi connectivity index (χ1) is 4.56. The molecule has 1 aliphatic heterocycles. The van der Waals surface area contributed by atoms with E-state index in [1.165, 1.54) is 19.3 Å². The molecule has 2 rings (SSSR count). The van der Waals surface area contributed by atoms with Crippen LogP contribution >= 0.6 is 0 Å². The molecule has 0 bridgehead atoms. The van der Waals surface area contributed by atoms with Gasteiger partial charge < -0.3 is 4.74 Å². The highest BCUT2D eigenvalue weighted by Gasteiger charge is 2.64. The third-order valence-corrected chi connectivity index (χ3v) is 3.38. The Kier molecular flexibility index (Phi) is 1.05. The first-order valence-corrected chi connectivity index (χ1v) is 4.26. The van der Waals surface area contributed by atoms with E-state index in [-0.39, 0.29) is 11.2 Å². The molecule has 0 aromatic carbocycles. The lowest BCUT2D eigenvalue weighted by Gasteiger charge is -2.23. The van der Waals surface area contributed by atoms with Gasteiger partial charge in [-0.15, -0.1) is 0 Å².